The summed E-state index contributed by atoms with van der Waals surface area (Å²) in [6.45, 7) is 0.188. The summed E-state index contributed by atoms with van der Waals surface area (Å²) in [4.78, 5) is 58.5. The first kappa shape index (κ1) is 32.9. The zero-order chi connectivity index (χ0) is 31.4. The number of aromatic nitrogens is 1. The van der Waals surface area contributed by atoms with E-state index >= 15 is 0 Å². The Hall–Kier alpha value is -4.56. The van der Waals surface area contributed by atoms with Crippen LogP contribution in [0, 0.1) is 0 Å². The van der Waals surface area contributed by atoms with Crippen molar-refractivity contribution in [2.75, 3.05) is 12.3 Å². The second-order valence-corrected chi connectivity index (χ2v) is 10.4. The standard InChI is InChI=1S/C29H38N8O5S/c30-20(13-17-7-2-1-3-8-17)25(38)37-24(16-43)27(40)36-23(14-18-15-34-21-10-5-4-9-19(18)21)26(39)35-22(28(41)42)11-6-12-33-29(31)32/h1-5,7-10,15,20,22-24,34,43H,6,11-14,16,30H2,(H,35,39)(H,36,40)(H,37,38)(H,41,42)(H4,31,32,33). The number of nitrogens with zero attached hydrogens (tertiary/aromatic N) is 1. The highest BCUT2D eigenvalue weighted by molar-refractivity contribution is 7.80. The van der Waals surface area contributed by atoms with Crippen molar-refractivity contribution in [2.24, 2.45) is 22.2 Å². The number of hydrogen-bond acceptors (Lipinski definition) is 7. The van der Waals surface area contributed by atoms with Crippen LogP contribution in [0.3, 0.4) is 0 Å². The van der Waals surface area contributed by atoms with Crippen LogP contribution in [0.4, 0.5) is 0 Å². The molecule has 0 bridgehead atoms. The van der Waals surface area contributed by atoms with Crippen molar-refractivity contribution in [2.45, 2.75) is 49.9 Å². The Kier molecular flexibility index (Phi) is 12.4. The Bertz CT molecular complexity index is 1430. The molecule has 14 heteroatoms. The van der Waals surface area contributed by atoms with Gasteiger partial charge in [-0.15, -0.1) is 0 Å². The number of nitrogens with one attached hydrogen (secondary N) is 4. The number of carbonyl (C=O) groups excluding carboxylic acids is 3. The smallest absolute Gasteiger partial charge is 0.326 e. The molecule has 0 aliphatic carbocycles. The van der Waals surface area contributed by atoms with Crippen LogP contribution in [0.1, 0.15) is 24.0 Å². The lowest BCUT2D eigenvalue weighted by Crippen LogP contribution is -2.58. The van der Waals surface area contributed by atoms with Crippen LogP contribution in [0.2, 0.25) is 0 Å². The molecular formula is C29H38N8O5S. The van der Waals surface area contributed by atoms with E-state index < -0.39 is 47.9 Å². The largest absolute Gasteiger partial charge is 0.480 e. The van der Waals surface area contributed by atoms with Crippen LogP contribution in [0.25, 0.3) is 10.9 Å². The summed E-state index contributed by atoms with van der Waals surface area (Å²) in [6, 6.07) is 12.2. The second kappa shape index (κ2) is 16.2. The minimum absolute atomic E-state index is 0.0443. The number of para-hydroxylation sites is 1. The zero-order valence-corrected chi connectivity index (χ0v) is 24.4. The molecule has 3 rings (SSSR count). The number of carbonyl (C=O) groups is 4. The van der Waals surface area contributed by atoms with Crippen molar-refractivity contribution >= 4 is 53.2 Å². The van der Waals surface area contributed by atoms with Gasteiger partial charge in [0.05, 0.1) is 6.04 Å². The fourth-order valence-corrected chi connectivity index (χ4v) is 4.73. The quantitative estimate of drug-likeness (QED) is 0.0455. The van der Waals surface area contributed by atoms with E-state index in [1.807, 2.05) is 54.6 Å². The van der Waals surface area contributed by atoms with Gasteiger partial charge in [0.2, 0.25) is 17.7 Å². The molecule has 0 aliphatic heterocycles. The first-order valence-electron chi connectivity index (χ1n) is 13.7. The number of carboxylic acid groups (broad SMARTS) is 1. The molecule has 0 saturated heterocycles. The molecule has 4 atom stereocenters. The number of aliphatic imine (C=N–C) groups is 1. The van der Waals surface area contributed by atoms with Gasteiger partial charge in [-0.25, -0.2) is 4.79 Å². The molecule has 0 aliphatic rings. The van der Waals surface area contributed by atoms with Crippen molar-refractivity contribution in [1.29, 1.82) is 0 Å². The van der Waals surface area contributed by atoms with E-state index in [0.717, 1.165) is 22.0 Å². The maximum Gasteiger partial charge on any atom is 0.326 e. The number of rotatable bonds is 16. The number of carboxylic acids is 1. The fourth-order valence-electron chi connectivity index (χ4n) is 4.47. The number of H-pyrrole nitrogens is 1. The summed E-state index contributed by atoms with van der Waals surface area (Å²) in [5.41, 5.74) is 19.1. The SMILES string of the molecule is NC(N)=NCCCC(NC(=O)C(Cc1c[nH]c2ccccc12)NC(=O)C(CS)NC(=O)C(N)Cc1ccccc1)C(=O)O. The number of amides is 3. The normalized spacial score (nSPS) is 13.7. The van der Waals surface area contributed by atoms with Gasteiger partial charge in [0.1, 0.15) is 18.1 Å². The van der Waals surface area contributed by atoms with Crippen molar-refractivity contribution in [1.82, 2.24) is 20.9 Å². The van der Waals surface area contributed by atoms with Crippen molar-refractivity contribution in [3.63, 3.8) is 0 Å². The number of guanidine groups is 1. The van der Waals surface area contributed by atoms with E-state index in [1.165, 1.54) is 0 Å². The van der Waals surface area contributed by atoms with E-state index in [-0.39, 0.29) is 37.5 Å². The average Bonchev–Trinajstić information content (AvgIpc) is 3.39. The van der Waals surface area contributed by atoms with Gasteiger partial charge in [0, 0.05) is 35.8 Å². The Morgan fingerprint density at radius 3 is 2.16 bits per heavy atom. The second-order valence-electron chi connectivity index (χ2n) is 10.0. The Morgan fingerprint density at radius 2 is 1.49 bits per heavy atom. The Morgan fingerprint density at radius 1 is 0.860 bits per heavy atom. The average molecular weight is 611 g/mol. The molecule has 4 unspecified atom stereocenters. The highest BCUT2D eigenvalue weighted by Crippen LogP contribution is 2.19. The number of thiol groups is 1. The van der Waals surface area contributed by atoms with Crippen molar-refractivity contribution in [3.8, 4) is 0 Å². The lowest BCUT2D eigenvalue weighted by Gasteiger charge is -2.24. The molecule has 2 aromatic carbocycles. The van der Waals surface area contributed by atoms with E-state index in [0.29, 0.717) is 6.42 Å². The van der Waals surface area contributed by atoms with Crippen LogP contribution < -0.4 is 33.2 Å². The van der Waals surface area contributed by atoms with Gasteiger partial charge in [-0.2, -0.15) is 12.6 Å². The van der Waals surface area contributed by atoms with Crippen LogP contribution in [0.15, 0.2) is 65.8 Å². The monoisotopic (exact) mass is 610 g/mol. The molecule has 1 heterocycles. The minimum Gasteiger partial charge on any atom is -0.480 e. The number of benzene rings is 2. The molecule has 0 fully saturated rings. The maximum atomic E-state index is 13.4. The van der Waals surface area contributed by atoms with E-state index in [1.54, 1.807) is 6.20 Å². The summed E-state index contributed by atoms with van der Waals surface area (Å²) >= 11 is 4.23. The van der Waals surface area contributed by atoms with Crippen LogP contribution in [-0.4, -0.2) is 76.2 Å². The highest BCUT2D eigenvalue weighted by Gasteiger charge is 2.30. The molecule has 0 saturated carbocycles. The summed E-state index contributed by atoms with van der Waals surface area (Å²) in [7, 11) is 0. The number of fused-ring (bicyclic) bond motifs is 1. The first-order chi connectivity index (χ1) is 20.6. The van der Waals surface area contributed by atoms with Gasteiger partial charge in [-0.1, -0.05) is 48.5 Å². The van der Waals surface area contributed by atoms with Gasteiger partial charge in [-0.05, 0) is 36.5 Å². The van der Waals surface area contributed by atoms with E-state index in [4.69, 9.17) is 17.2 Å². The summed E-state index contributed by atoms with van der Waals surface area (Å²) in [5.74, 6) is -3.37. The summed E-state index contributed by atoms with van der Waals surface area (Å²) in [5, 5.41) is 18.3. The number of aliphatic carboxylic acids is 1. The lowest BCUT2D eigenvalue weighted by molar-refractivity contribution is -0.142. The molecule has 11 N–H and O–H groups in total. The van der Waals surface area contributed by atoms with Crippen molar-refractivity contribution < 1.29 is 24.3 Å². The lowest BCUT2D eigenvalue weighted by atomic mass is 10.0. The number of aromatic amines is 1. The third kappa shape index (κ3) is 10.0. The summed E-state index contributed by atoms with van der Waals surface area (Å²) < 4.78 is 0. The predicted octanol–water partition coefficient (Wildman–Crippen LogP) is -0.197. The molecule has 3 amide bonds. The van der Waals surface area contributed by atoms with Gasteiger partial charge < -0.3 is 43.2 Å². The molecule has 13 nitrogen and oxygen atoms in total. The van der Waals surface area contributed by atoms with E-state index in [2.05, 4.69) is 38.6 Å². The van der Waals surface area contributed by atoms with E-state index in [9.17, 15) is 24.3 Å². The molecule has 3 aromatic rings. The topological polar surface area (TPSA) is 231 Å². The first-order valence-corrected chi connectivity index (χ1v) is 14.4. The zero-order valence-electron chi connectivity index (χ0n) is 23.5. The van der Waals surface area contributed by atoms with Crippen molar-refractivity contribution in [3.05, 3.63) is 71.9 Å². The summed E-state index contributed by atoms with van der Waals surface area (Å²) in [6.07, 6.45) is 2.38. The molecule has 230 valence electrons. The van der Waals surface area contributed by atoms with Gasteiger partial charge in [0.15, 0.2) is 5.96 Å². The van der Waals surface area contributed by atoms with Gasteiger partial charge in [0.25, 0.3) is 0 Å². The third-order valence-corrected chi connectivity index (χ3v) is 7.11. The van der Waals surface area contributed by atoms with Crippen LogP contribution >= 0.6 is 12.6 Å². The number of nitrogens with two attached hydrogens (primary N) is 3. The molecule has 0 spiro atoms. The molecule has 0 radical (unpaired) electrons. The van der Waals surface area contributed by atoms with Crippen LogP contribution in [-0.2, 0) is 32.0 Å². The fraction of sp³-hybridized carbons (Fsp3) is 0.345. The highest BCUT2D eigenvalue weighted by atomic mass is 32.1. The molecule has 43 heavy (non-hydrogen) atoms. The third-order valence-electron chi connectivity index (χ3n) is 6.74. The molecular weight excluding hydrogens is 572 g/mol. The van der Waals surface area contributed by atoms with Gasteiger partial charge in [-0.3, -0.25) is 19.4 Å². The Balaban J connectivity index is 1.75. The molecule has 1 aromatic heterocycles. The predicted molar refractivity (Wildman–Crippen MR) is 167 cm³/mol. The maximum absolute atomic E-state index is 13.4. The Labute approximate surface area is 254 Å². The van der Waals surface area contributed by atoms with Crippen LogP contribution in [0.5, 0.6) is 0 Å². The minimum atomic E-state index is -1.25. The van der Waals surface area contributed by atoms with Gasteiger partial charge >= 0.3 is 5.97 Å². The number of hydrogen-bond donors (Lipinski definition) is 9.